The Hall–Kier alpha value is -1.43. The third kappa shape index (κ3) is 2.49. The van der Waals surface area contributed by atoms with E-state index in [0.717, 1.165) is 0 Å². The summed E-state index contributed by atoms with van der Waals surface area (Å²) in [5.74, 6) is 2.02. The molecule has 0 aliphatic carbocycles. The number of benzene rings is 1. The van der Waals surface area contributed by atoms with Crippen molar-refractivity contribution in [2.45, 2.75) is 12.5 Å². The molecule has 1 unspecified atom stereocenters. The minimum atomic E-state index is -0.990. The second kappa shape index (κ2) is 5.28. The summed E-state index contributed by atoms with van der Waals surface area (Å²) in [6.45, 7) is 1.87. The molecule has 1 atom stereocenters. The van der Waals surface area contributed by atoms with Crippen LogP contribution < -0.4 is 18.9 Å². The van der Waals surface area contributed by atoms with Crippen molar-refractivity contribution >= 4 is 21.7 Å². The number of hydrogen-bond acceptors (Lipinski definition) is 5. The number of Topliss-reactive ketones (excluding diaryl/α,β-unsaturated/α-hetero) is 1. The van der Waals surface area contributed by atoms with Gasteiger partial charge in [-0.2, -0.15) is 0 Å². The fourth-order valence-electron chi connectivity index (χ4n) is 1.80. The lowest BCUT2D eigenvalue weighted by Crippen LogP contribution is -2.49. The van der Waals surface area contributed by atoms with Crippen LogP contribution in [0.1, 0.15) is 6.92 Å². The molecule has 1 aliphatic rings. The monoisotopic (exact) mass is 330 g/mol. The number of ether oxygens (including phenoxy) is 4. The summed E-state index contributed by atoms with van der Waals surface area (Å²) >= 11 is 3.15. The van der Waals surface area contributed by atoms with Crippen molar-refractivity contribution in [2.75, 3.05) is 26.2 Å². The molecule has 1 heterocycles. The van der Waals surface area contributed by atoms with Gasteiger partial charge < -0.3 is 18.9 Å². The van der Waals surface area contributed by atoms with Gasteiger partial charge in [-0.15, -0.1) is 0 Å². The molecule has 0 saturated carbocycles. The fraction of sp³-hybridized carbons (Fsp3) is 0.462. The fourth-order valence-corrected chi connectivity index (χ4v) is 2.39. The van der Waals surface area contributed by atoms with Crippen LogP contribution in [0.5, 0.6) is 23.0 Å². The average Bonchev–Trinajstić information content (AvgIpc) is 2.44. The van der Waals surface area contributed by atoms with Crippen molar-refractivity contribution in [1.29, 1.82) is 0 Å². The van der Waals surface area contributed by atoms with Crippen molar-refractivity contribution in [3.05, 3.63) is 12.1 Å². The van der Waals surface area contributed by atoms with E-state index in [0.29, 0.717) is 23.0 Å². The standard InChI is InChI=1S/C13H15BrO5/c1-13(12(15)6-14)7-18-10-4-8(16-2)9(17-3)5-11(10)19-13/h4-5H,6-7H2,1-3H3. The first kappa shape index (κ1) is 14.0. The summed E-state index contributed by atoms with van der Waals surface area (Å²) in [5.41, 5.74) is -0.990. The van der Waals surface area contributed by atoms with Crippen LogP contribution in [0.4, 0.5) is 0 Å². The van der Waals surface area contributed by atoms with Gasteiger partial charge >= 0.3 is 0 Å². The Bertz CT molecular complexity index is 502. The van der Waals surface area contributed by atoms with Crippen LogP contribution in [0.2, 0.25) is 0 Å². The molecule has 0 bridgehead atoms. The smallest absolute Gasteiger partial charge is 0.198 e. The van der Waals surface area contributed by atoms with E-state index in [4.69, 9.17) is 18.9 Å². The second-order valence-electron chi connectivity index (χ2n) is 4.33. The van der Waals surface area contributed by atoms with Gasteiger partial charge in [0.05, 0.1) is 19.5 Å². The number of carbonyl (C=O) groups is 1. The quantitative estimate of drug-likeness (QED) is 0.792. The van der Waals surface area contributed by atoms with Gasteiger partial charge in [0.25, 0.3) is 0 Å². The summed E-state index contributed by atoms with van der Waals surface area (Å²) in [7, 11) is 3.09. The number of carbonyl (C=O) groups excluding carboxylic acids is 1. The van der Waals surface area contributed by atoms with Crippen molar-refractivity contribution < 1.29 is 23.7 Å². The molecule has 0 amide bonds. The van der Waals surface area contributed by atoms with Gasteiger partial charge in [0, 0.05) is 12.1 Å². The lowest BCUT2D eigenvalue weighted by molar-refractivity contribution is -0.134. The highest BCUT2D eigenvalue weighted by molar-refractivity contribution is 9.09. The van der Waals surface area contributed by atoms with Gasteiger partial charge in [-0.25, -0.2) is 0 Å². The molecule has 0 spiro atoms. The Kier molecular flexibility index (Phi) is 3.89. The summed E-state index contributed by atoms with van der Waals surface area (Å²) in [4.78, 5) is 11.9. The molecule has 104 valence electrons. The van der Waals surface area contributed by atoms with Crippen LogP contribution in [0.15, 0.2) is 12.1 Å². The lowest BCUT2D eigenvalue weighted by Gasteiger charge is -2.34. The Morgan fingerprint density at radius 3 is 2.42 bits per heavy atom. The first-order valence-corrected chi connectivity index (χ1v) is 6.83. The van der Waals surface area contributed by atoms with E-state index >= 15 is 0 Å². The van der Waals surface area contributed by atoms with Gasteiger partial charge in [-0.1, -0.05) is 15.9 Å². The molecule has 0 aromatic heterocycles. The average molecular weight is 331 g/mol. The Labute approximate surface area is 119 Å². The van der Waals surface area contributed by atoms with Crippen molar-refractivity contribution in [3.8, 4) is 23.0 Å². The van der Waals surface area contributed by atoms with Crippen molar-refractivity contribution in [2.24, 2.45) is 0 Å². The number of rotatable bonds is 4. The highest BCUT2D eigenvalue weighted by Crippen LogP contribution is 2.43. The van der Waals surface area contributed by atoms with Crippen LogP contribution in [-0.2, 0) is 4.79 Å². The molecule has 6 heteroatoms. The van der Waals surface area contributed by atoms with E-state index in [-0.39, 0.29) is 17.7 Å². The molecule has 1 aromatic carbocycles. The van der Waals surface area contributed by atoms with Crippen LogP contribution in [0.3, 0.4) is 0 Å². The second-order valence-corrected chi connectivity index (χ2v) is 4.89. The van der Waals surface area contributed by atoms with Crippen LogP contribution in [0.25, 0.3) is 0 Å². The number of alkyl halides is 1. The minimum Gasteiger partial charge on any atom is -0.493 e. The molecule has 0 fully saturated rings. The van der Waals surface area contributed by atoms with Gasteiger partial charge in [0.1, 0.15) is 6.61 Å². The zero-order chi connectivity index (χ0) is 14.0. The maximum Gasteiger partial charge on any atom is 0.198 e. The highest BCUT2D eigenvalue weighted by Gasteiger charge is 2.40. The van der Waals surface area contributed by atoms with Gasteiger partial charge in [-0.05, 0) is 6.92 Å². The largest absolute Gasteiger partial charge is 0.493 e. The normalized spacial score (nSPS) is 20.8. The predicted octanol–water partition coefficient (Wildman–Crippen LogP) is 2.20. The SMILES string of the molecule is COc1cc2c(cc1OC)OC(C)(C(=O)CBr)CO2. The molecule has 0 saturated heterocycles. The van der Waals surface area contributed by atoms with Crippen molar-refractivity contribution in [3.63, 3.8) is 0 Å². The Morgan fingerprint density at radius 2 is 1.89 bits per heavy atom. The number of ketones is 1. The number of hydrogen-bond donors (Lipinski definition) is 0. The van der Waals surface area contributed by atoms with E-state index < -0.39 is 5.60 Å². The van der Waals surface area contributed by atoms with E-state index in [1.165, 1.54) is 7.11 Å². The molecule has 1 aromatic rings. The summed E-state index contributed by atoms with van der Waals surface area (Å²) in [6.07, 6.45) is 0. The van der Waals surface area contributed by atoms with Gasteiger partial charge in [-0.3, -0.25) is 4.79 Å². The zero-order valence-corrected chi connectivity index (χ0v) is 12.6. The Morgan fingerprint density at radius 1 is 1.32 bits per heavy atom. The number of fused-ring (bicyclic) bond motifs is 1. The van der Waals surface area contributed by atoms with E-state index in [1.54, 1.807) is 26.2 Å². The third-order valence-corrected chi connectivity index (χ3v) is 3.51. The van der Waals surface area contributed by atoms with E-state index in [9.17, 15) is 4.79 Å². The van der Waals surface area contributed by atoms with E-state index in [2.05, 4.69) is 15.9 Å². The van der Waals surface area contributed by atoms with Crippen molar-refractivity contribution in [1.82, 2.24) is 0 Å². The molecule has 0 N–H and O–H groups in total. The zero-order valence-electron chi connectivity index (χ0n) is 11.0. The minimum absolute atomic E-state index is 0.0760. The third-order valence-electron chi connectivity index (χ3n) is 3.00. The van der Waals surface area contributed by atoms with Crippen LogP contribution >= 0.6 is 15.9 Å². The molecule has 5 nitrogen and oxygen atoms in total. The Balaban J connectivity index is 2.37. The first-order valence-electron chi connectivity index (χ1n) is 5.71. The summed E-state index contributed by atoms with van der Waals surface area (Å²) < 4.78 is 21.8. The summed E-state index contributed by atoms with van der Waals surface area (Å²) in [5, 5.41) is 0.218. The molecule has 2 rings (SSSR count). The molecule has 0 radical (unpaired) electrons. The predicted molar refractivity (Wildman–Crippen MR) is 72.9 cm³/mol. The van der Waals surface area contributed by atoms with Gasteiger partial charge in [0.2, 0.25) is 0 Å². The molecule has 1 aliphatic heterocycles. The van der Waals surface area contributed by atoms with Crippen LogP contribution in [0, 0.1) is 0 Å². The lowest BCUT2D eigenvalue weighted by atomic mass is 10.0. The number of methoxy groups -OCH3 is 2. The number of halogens is 1. The topological polar surface area (TPSA) is 54.0 Å². The first-order chi connectivity index (χ1) is 9.04. The highest BCUT2D eigenvalue weighted by atomic mass is 79.9. The van der Waals surface area contributed by atoms with Gasteiger partial charge in [0.15, 0.2) is 34.4 Å². The van der Waals surface area contributed by atoms with E-state index in [1.807, 2.05) is 0 Å². The maximum atomic E-state index is 11.9. The summed E-state index contributed by atoms with van der Waals surface area (Å²) in [6, 6.07) is 3.35. The molecular weight excluding hydrogens is 316 g/mol. The molecular formula is C13H15BrO5. The molecule has 19 heavy (non-hydrogen) atoms. The van der Waals surface area contributed by atoms with Crippen LogP contribution in [-0.4, -0.2) is 37.5 Å². The maximum absolute atomic E-state index is 11.9.